The van der Waals surface area contributed by atoms with E-state index in [9.17, 15) is 9.59 Å². The minimum absolute atomic E-state index is 0.245. The number of aromatic amines is 1. The summed E-state index contributed by atoms with van der Waals surface area (Å²) in [4.78, 5) is 28.1. The smallest absolute Gasteiger partial charge is 0.255 e. The molecule has 1 aromatic heterocycles. The van der Waals surface area contributed by atoms with E-state index in [2.05, 4.69) is 15.4 Å². The summed E-state index contributed by atoms with van der Waals surface area (Å²) in [6, 6.07) is 21.6. The Balaban J connectivity index is 1.42. The first kappa shape index (κ1) is 20.8. The second kappa shape index (κ2) is 8.44. The molecular weight excluding hydrogens is 440 g/mol. The second-order valence-electron chi connectivity index (χ2n) is 7.57. The summed E-state index contributed by atoms with van der Waals surface area (Å²) in [5, 5.41) is 10.0. The number of hydrogen-bond acceptors (Lipinski definition) is 4. The fourth-order valence-electron chi connectivity index (χ4n) is 3.75. The molecule has 2 heterocycles. The third-order valence-corrected chi connectivity index (χ3v) is 5.54. The molecule has 1 aliphatic rings. The van der Waals surface area contributed by atoms with E-state index < -0.39 is 6.23 Å². The lowest BCUT2D eigenvalue weighted by Crippen LogP contribution is -2.25. The van der Waals surface area contributed by atoms with Crippen molar-refractivity contribution in [1.82, 2.24) is 9.99 Å². The number of nitrogens with zero attached hydrogens (tertiary/aromatic N) is 2. The number of halogens is 1. The van der Waals surface area contributed by atoms with Crippen molar-refractivity contribution in [1.29, 1.82) is 0 Å². The van der Waals surface area contributed by atoms with E-state index in [0.717, 1.165) is 16.5 Å². The summed E-state index contributed by atoms with van der Waals surface area (Å²) in [6.45, 7) is 1.44. The van der Waals surface area contributed by atoms with E-state index in [1.165, 1.54) is 11.9 Å². The van der Waals surface area contributed by atoms with Crippen molar-refractivity contribution in [3.05, 3.63) is 101 Å². The molecule has 0 spiro atoms. The van der Waals surface area contributed by atoms with Crippen LogP contribution in [0.4, 0.5) is 5.69 Å². The van der Waals surface area contributed by atoms with E-state index in [4.69, 9.17) is 16.3 Å². The van der Waals surface area contributed by atoms with Crippen LogP contribution in [0.1, 0.15) is 34.6 Å². The van der Waals surface area contributed by atoms with Crippen LogP contribution in [0.3, 0.4) is 0 Å². The van der Waals surface area contributed by atoms with E-state index in [-0.39, 0.29) is 11.8 Å². The van der Waals surface area contributed by atoms with Gasteiger partial charge in [0.25, 0.3) is 5.91 Å². The standard InChI is InChI=1S/C25H19ClN4O3/c1-15(31)30-25(21-14-27-22-11-3-2-10-20(21)22)33-24(29-30)17-7-5-9-19(13-17)28-23(32)16-6-4-8-18(26)12-16/h2-14,25,27H,1H3,(H,28,32)/t25-/m1/s1. The normalized spacial score (nSPS) is 15.3. The lowest BCUT2D eigenvalue weighted by Gasteiger charge is -2.18. The number of carbonyl (C=O) groups is 2. The van der Waals surface area contributed by atoms with Crippen molar-refractivity contribution in [3.63, 3.8) is 0 Å². The highest BCUT2D eigenvalue weighted by Gasteiger charge is 2.34. The minimum atomic E-state index is -0.696. The maximum atomic E-state index is 12.6. The SMILES string of the molecule is CC(=O)N1N=C(c2cccc(NC(=O)c3cccc(Cl)c3)c2)O[C@@H]1c1c[nH]c2ccccc12. The van der Waals surface area contributed by atoms with Gasteiger partial charge in [0.05, 0.1) is 0 Å². The van der Waals surface area contributed by atoms with Crippen molar-refractivity contribution in [3.8, 4) is 0 Å². The van der Waals surface area contributed by atoms with Gasteiger partial charge in [0.2, 0.25) is 18.0 Å². The molecular formula is C25H19ClN4O3. The fraction of sp³-hybridized carbons (Fsp3) is 0.0800. The van der Waals surface area contributed by atoms with Crippen LogP contribution < -0.4 is 5.32 Å². The van der Waals surface area contributed by atoms with E-state index >= 15 is 0 Å². The fourth-order valence-corrected chi connectivity index (χ4v) is 3.94. The van der Waals surface area contributed by atoms with Gasteiger partial charge >= 0.3 is 0 Å². The van der Waals surface area contributed by atoms with Gasteiger partial charge in [-0.3, -0.25) is 9.59 Å². The zero-order valence-electron chi connectivity index (χ0n) is 17.6. The van der Waals surface area contributed by atoms with Gasteiger partial charge in [-0.2, -0.15) is 5.01 Å². The first-order valence-corrected chi connectivity index (χ1v) is 10.7. The van der Waals surface area contributed by atoms with Crippen molar-refractivity contribution in [2.24, 2.45) is 5.10 Å². The Bertz CT molecular complexity index is 1410. The van der Waals surface area contributed by atoms with Crippen LogP contribution in [0.15, 0.2) is 84.1 Å². The summed E-state index contributed by atoms with van der Waals surface area (Å²) in [6.07, 6.45) is 1.13. The molecule has 0 aliphatic carbocycles. The third kappa shape index (κ3) is 4.06. The summed E-state index contributed by atoms with van der Waals surface area (Å²) in [7, 11) is 0. The number of benzene rings is 3. The summed E-state index contributed by atoms with van der Waals surface area (Å²) in [5.41, 5.74) is 3.40. The summed E-state index contributed by atoms with van der Waals surface area (Å²) < 4.78 is 6.14. The lowest BCUT2D eigenvalue weighted by atomic mass is 10.1. The Labute approximate surface area is 194 Å². The molecule has 2 amide bonds. The molecule has 0 bridgehead atoms. The number of rotatable bonds is 4. The van der Waals surface area contributed by atoms with Gasteiger partial charge in [0, 0.05) is 51.4 Å². The van der Waals surface area contributed by atoms with Crippen LogP contribution in [0.5, 0.6) is 0 Å². The second-order valence-corrected chi connectivity index (χ2v) is 8.01. The Hall–Kier alpha value is -4.10. The number of hydrazone groups is 1. The van der Waals surface area contributed by atoms with Crippen LogP contribution in [0.2, 0.25) is 5.02 Å². The van der Waals surface area contributed by atoms with Gasteiger partial charge in [-0.25, -0.2) is 0 Å². The van der Waals surface area contributed by atoms with Crippen molar-refractivity contribution in [2.75, 3.05) is 5.32 Å². The average molecular weight is 459 g/mol. The van der Waals surface area contributed by atoms with Crippen LogP contribution in [-0.2, 0) is 9.53 Å². The molecule has 33 heavy (non-hydrogen) atoms. The predicted octanol–water partition coefficient (Wildman–Crippen LogP) is 5.31. The molecule has 0 saturated carbocycles. The van der Waals surface area contributed by atoms with Gasteiger partial charge < -0.3 is 15.0 Å². The topological polar surface area (TPSA) is 86.8 Å². The molecule has 1 aliphatic heterocycles. The Morgan fingerprint density at radius 2 is 1.88 bits per heavy atom. The van der Waals surface area contributed by atoms with Crippen molar-refractivity contribution in [2.45, 2.75) is 13.2 Å². The maximum absolute atomic E-state index is 12.6. The number of carbonyl (C=O) groups excluding carboxylic acids is 2. The monoisotopic (exact) mass is 458 g/mol. The summed E-state index contributed by atoms with van der Waals surface area (Å²) >= 11 is 5.99. The van der Waals surface area contributed by atoms with Crippen LogP contribution >= 0.6 is 11.6 Å². The number of nitrogens with one attached hydrogen (secondary N) is 2. The molecule has 4 aromatic rings. The van der Waals surface area contributed by atoms with Gasteiger partial charge in [0.15, 0.2) is 0 Å². The van der Waals surface area contributed by atoms with Crippen molar-refractivity contribution >= 4 is 45.9 Å². The molecule has 0 fully saturated rings. The number of hydrogen-bond donors (Lipinski definition) is 2. The van der Waals surface area contributed by atoms with Crippen LogP contribution in [0.25, 0.3) is 10.9 Å². The van der Waals surface area contributed by atoms with Crippen molar-refractivity contribution < 1.29 is 14.3 Å². The number of ether oxygens (including phenoxy) is 1. The van der Waals surface area contributed by atoms with E-state index in [1.807, 2.05) is 36.5 Å². The molecule has 1 atom stereocenters. The van der Waals surface area contributed by atoms with Crippen LogP contribution in [-0.4, -0.2) is 27.7 Å². The predicted molar refractivity (Wildman–Crippen MR) is 127 cm³/mol. The summed E-state index contributed by atoms with van der Waals surface area (Å²) in [5.74, 6) is -0.240. The molecule has 8 heteroatoms. The molecule has 0 radical (unpaired) electrons. The Morgan fingerprint density at radius 1 is 1.06 bits per heavy atom. The largest absolute Gasteiger partial charge is 0.446 e. The number of anilines is 1. The molecule has 3 aromatic carbocycles. The highest BCUT2D eigenvalue weighted by molar-refractivity contribution is 6.31. The zero-order valence-corrected chi connectivity index (χ0v) is 18.3. The van der Waals surface area contributed by atoms with Gasteiger partial charge in [-0.1, -0.05) is 41.9 Å². The third-order valence-electron chi connectivity index (χ3n) is 5.31. The zero-order chi connectivity index (χ0) is 22.9. The Kier molecular flexibility index (Phi) is 5.32. The maximum Gasteiger partial charge on any atom is 0.255 e. The highest BCUT2D eigenvalue weighted by atomic mass is 35.5. The number of H-pyrrole nitrogens is 1. The molecule has 5 rings (SSSR count). The Morgan fingerprint density at radius 3 is 2.70 bits per heavy atom. The number of fused-ring (bicyclic) bond motifs is 1. The van der Waals surface area contributed by atoms with Gasteiger partial charge in [0.1, 0.15) is 0 Å². The molecule has 0 unspecified atom stereocenters. The molecule has 7 nitrogen and oxygen atoms in total. The molecule has 2 N–H and O–H groups in total. The van der Waals surface area contributed by atoms with E-state index in [0.29, 0.717) is 27.7 Å². The quantitative estimate of drug-likeness (QED) is 0.434. The lowest BCUT2D eigenvalue weighted by molar-refractivity contribution is -0.135. The average Bonchev–Trinajstić information content (AvgIpc) is 3.44. The van der Waals surface area contributed by atoms with E-state index in [1.54, 1.807) is 42.5 Å². The number of para-hydroxylation sites is 1. The van der Waals surface area contributed by atoms with Gasteiger partial charge in [-0.15, -0.1) is 5.10 Å². The molecule has 0 saturated heterocycles. The van der Waals surface area contributed by atoms with Crippen LogP contribution in [0, 0.1) is 0 Å². The minimum Gasteiger partial charge on any atom is -0.446 e. The van der Waals surface area contributed by atoms with Gasteiger partial charge in [-0.05, 0) is 42.5 Å². The number of aromatic nitrogens is 1. The highest BCUT2D eigenvalue weighted by Crippen LogP contribution is 2.34. The number of amides is 2. The molecule has 164 valence electrons. The first-order valence-electron chi connectivity index (χ1n) is 10.3. The first-order chi connectivity index (χ1) is 16.0.